The zero-order valence-corrected chi connectivity index (χ0v) is 15.2. The summed E-state index contributed by atoms with van der Waals surface area (Å²) in [6.07, 6.45) is -14.9. The van der Waals surface area contributed by atoms with Gasteiger partial charge in [0.05, 0.1) is 21.7 Å². The highest BCUT2D eigenvalue weighted by atomic mass is 35.5. The topological polar surface area (TPSA) is 24.1 Å². The van der Waals surface area contributed by atoms with Crippen LogP contribution in [0.15, 0.2) is 36.4 Å². The number of rotatable bonds is 2. The molecule has 2 nitrogen and oxygen atoms in total. The zero-order valence-electron chi connectivity index (χ0n) is 13.7. The molecule has 158 valence electrons. The Balaban J connectivity index is 2.29. The van der Waals surface area contributed by atoms with Crippen molar-refractivity contribution in [2.45, 2.75) is 18.5 Å². The van der Waals surface area contributed by atoms with E-state index >= 15 is 0 Å². The molecule has 0 aliphatic carbocycles. The van der Waals surface area contributed by atoms with Gasteiger partial charge in [0.25, 0.3) is 0 Å². The molecular weight excluding hydrogens is 459 g/mol. The van der Waals surface area contributed by atoms with Gasteiger partial charge in [0, 0.05) is 11.4 Å². The van der Waals surface area contributed by atoms with Crippen LogP contribution in [0.1, 0.15) is 16.7 Å². The van der Waals surface area contributed by atoms with E-state index in [0.717, 1.165) is 12.1 Å². The molecule has 2 aromatic carbocycles. The van der Waals surface area contributed by atoms with Crippen molar-refractivity contribution in [3.63, 3.8) is 0 Å². The van der Waals surface area contributed by atoms with Crippen LogP contribution in [-0.4, -0.2) is 5.11 Å². The molecule has 29 heavy (non-hydrogen) atoms. The van der Waals surface area contributed by atoms with Crippen molar-refractivity contribution in [3.8, 4) is 0 Å². The summed E-state index contributed by atoms with van der Waals surface area (Å²) in [5.41, 5.74) is -5.26. The van der Waals surface area contributed by atoms with E-state index in [1.165, 1.54) is 0 Å². The molecule has 0 fully saturated rings. The van der Waals surface area contributed by atoms with Crippen molar-refractivity contribution in [1.29, 1.82) is 0 Å². The minimum atomic E-state index is -5.06. The number of nitrogens with one attached hydrogen (secondary N) is 2. The van der Waals surface area contributed by atoms with Crippen LogP contribution < -0.4 is 10.6 Å². The molecule has 0 heterocycles. The lowest BCUT2D eigenvalue weighted by Crippen LogP contribution is -2.21. The normalized spacial score (nSPS) is 12.6. The Bertz CT molecular complexity index is 888. The third-order valence-electron chi connectivity index (χ3n) is 3.38. The van der Waals surface area contributed by atoms with Gasteiger partial charge in [-0.15, -0.1) is 0 Å². The summed E-state index contributed by atoms with van der Waals surface area (Å²) in [6.45, 7) is 0. The fourth-order valence-electron chi connectivity index (χ4n) is 2.14. The molecule has 0 saturated carbocycles. The number of halogens is 10. The van der Waals surface area contributed by atoms with Crippen molar-refractivity contribution in [3.05, 3.63) is 58.1 Å². The largest absolute Gasteiger partial charge is 0.417 e. The summed E-state index contributed by atoms with van der Waals surface area (Å²) in [4.78, 5) is 0. The minimum absolute atomic E-state index is 0.0730. The van der Waals surface area contributed by atoms with E-state index in [0.29, 0.717) is 18.2 Å². The number of alkyl halides is 9. The van der Waals surface area contributed by atoms with E-state index in [1.54, 1.807) is 0 Å². The number of benzene rings is 2. The second-order valence-electron chi connectivity index (χ2n) is 5.57. The monoisotopic (exact) mass is 466 g/mol. The highest BCUT2D eigenvalue weighted by Crippen LogP contribution is 2.38. The molecule has 0 bridgehead atoms. The van der Waals surface area contributed by atoms with Crippen molar-refractivity contribution >= 4 is 40.3 Å². The van der Waals surface area contributed by atoms with Gasteiger partial charge in [-0.05, 0) is 48.6 Å². The van der Waals surface area contributed by atoms with Crippen molar-refractivity contribution < 1.29 is 39.5 Å². The quantitative estimate of drug-likeness (QED) is 0.361. The summed E-state index contributed by atoms with van der Waals surface area (Å²) >= 11 is 10.2. The van der Waals surface area contributed by atoms with Gasteiger partial charge in [-0.1, -0.05) is 11.6 Å². The van der Waals surface area contributed by atoms with Crippen LogP contribution in [0, 0.1) is 0 Å². The van der Waals surface area contributed by atoms with Gasteiger partial charge >= 0.3 is 18.5 Å². The van der Waals surface area contributed by atoms with E-state index in [4.69, 9.17) is 23.8 Å². The Morgan fingerprint density at radius 3 is 1.62 bits per heavy atom. The lowest BCUT2D eigenvalue weighted by Gasteiger charge is -2.17. The first kappa shape index (κ1) is 23.1. The van der Waals surface area contributed by atoms with Gasteiger partial charge in [-0.25, -0.2) is 0 Å². The molecule has 0 unspecified atom stereocenters. The summed E-state index contributed by atoms with van der Waals surface area (Å²) in [7, 11) is 0. The molecule has 2 aromatic rings. The van der Waals surface area contributed by atoms with Crippen LogP contribution in [0.3, 0.4) is 0 Å². The third kappa shape index (κ3) is 6.13. The van der Waals surface area contributed by atoms with Crippen LogP contribution in [-0.2, 0) is 18.5 Å². The van der Waals surface area contributed by atoms with E-state index in [9.17, 15) is 39.5 Å². The van der Waals surface area contributed by atoms with Gasteiger partial charge in [-0.2, -0.15) is 39.5 Å². The predicted molar refractivity (Wildman–Crippen MR) is 92.7 cm³/mol. The second-order valence-corrected chi connectivity index (χ2v) is 6.38. The Labute approximate surface area is 167 Å². The van der Waals surface area contributed by atoms with Gasteiger partial charge in [-0.3, -0.25) is 0 Å². The fourth-order valence-corrected chi connectivity index (χ4v) is 2.60. The van der Waals surface area contributed by atoms with E-state index < -0.39 is 51.0 Å². The van der Waals surface area contributed by atoms with E-state index in [1.807, 2.05) is 0 Å². The van der Waals surface area contributed by atoms with Crippen LogP contribution in [0.2, 0.25) is 5.02 Å². The molecule has 0 spiro atoms. The van der Waals surface area contributed by atoms with Crippen molar-refractivity contribution in [2.24, 2.45) is 0 Å². The minimum Gasteiger partial charge on any atom is -0.332 e. The average Bonchev–Trinajstić information content (AvgIpc) is 2.53. The number of anilines is 2. The van der Waals surface area contributed by atoms with E-state index in [-0.39, 0.29) is 11.8 Å². The molecule has 2 N–H and O–H groups in total. The van der Waals surface area contributed by atoms with Gasteiger partial charge in [0.2, 0.25) is 0 Å². The highest BCUT2D eigenvalue weighted by molar-refractivity contribution is 7.80. The SMILES string of the molecule is FC(F)(F)c1cc(NC(=S)Nc2ccc(Cl)c(C(F)(F)F)c2)cc(C(F)(F)F)c1. The number of thiocarbonyl (C=S) groups is 1. The van der Waals surface area contributed by atoms with Gasteiger partial charge in [0.15, 0.2) is 5.11 Å². The summed E-state index contributed by atoms with van der Waals surface area (Å²) in [5, 5.41) is 3.20. The number of hydrogen-bond acceptors (Lipinski definition) is 1. The second kappa shape index (κ2) is 7.90. The van der Waals surface area contributed by atoms with Crippen LogP contribution in [0.4, 0.5) is 50.9 Å². The standard InChI is InChI=1S/C16H8ClF9N2S/c17-12-2-1-9(6-11(12)16(24,25)26)27-13(29)28-10-4-7(14(18,19)20)3-8(5-10)15(21,22)23/h1-6H,(H2,27,28,29). The Morgan fingerprint density at radius 2 is 1.17 bits per heavy atom. The first-order chi connectivity index (χ1) is 13.1. The summed E-state index contributed by atoms with van der Waals surface area (Å²) in [5.74, 6) is 0. The maximum Gasteiger partial charge on any atom is 0.417 e. The first-order valence-electron chi connectivity index (χ1n) is 7.31. The number of hydrogen-bond donors (Lipinski definition) is 2. The van der Waals surface area contributed by atoms with Crippen LogP contribution in [0.25, 0.3) is 0 Å². The molecule has 0 atom stereocenters. The Morgan fingerprint density at radius 1 is 0.690 bits per heavy atom. The molecule has 0 aromatic heterocycles. The lowest BCUT2D eigenvalue weighted by molar-refractivity contribution is -0.143. The van der Waals surface area contributed by atoms with E-state index in [2.05, 4.69) is 10.6 Å². The average molecular weight is 467 g/mol. The molecular formula is C16H8ClF9N2S. The highest BCUT2D eigenvalue weighted by Gasteiger charge is 2.37. The predicted octanol–water partition coefficient (Wildman–Crippen LogP) is 7.21. The van der Waals surface area contributed by atoms with Crippen molar-refractivity contribution in [2.75, 3.05) is 10.6 Å². The summed E-state index contributed by atoms with van der Waals surface area (Å²) in [6, 6.07) is 3.28. The molecule has 0 saturated heterocycles. The molecule has 13 heteroatoms. The molecule has 0 aliphatic heterocycles. The van der Waals surface area contributed by atoms with Gasteiger partial charge in [0.1, 0.15) is 0 Å². The van der Waals surface area contributed by atoms with Crippen LogP contribution in [0.5, 0.6) is 0 Å². The maximum atomic E-state index is 12.9. The molecule has 0 aliphatic rings. The smallest absolute Gasteiger partial charge is 0.332 e. The third-order valence-corrected chi connectivity index (χ3v) is 3.91. The fraction of sp³-hybridized carbons (Fsp3) is 0.188. The zero-order chi connectivity index (χ0) is 22.2. The molecule has 0 radical (unpaired) electrons. The Kier molecular flexibility index (Phi) is 6.29. The molecule has 2 rings (SSSR count). The Hall–Kier alpha value is -2.21. The summed E-state index contributed by atoms with van der Waals surface area (Å²) < 4.78 is 116. The first-order valence-corrected chi connectivity index (χ1v) is 8.10. The van der Waals surface area contributed by atoms with Crippen LogP contribution >= 0.6 is 23.8 Å². The van der Waals surface area contributed by atoms with Crippen molar-refractivity contribution in [1.82, 2.24) is 0 Å². The lowest BCUT2D eigenvalue weighted by atomic mass is 10.1. The maximum absolute atomic E-state index is 12.9. The van der Waals surface area contributed by atoms with Gasteiger partial charge < -0.3 is 10.6 Å². The molecule has 0 amide bonds.